The number of hydrogen-bond acceptors (Lipinski definition) is 6. The van der Waals surface area contributed by atoms with Crippen molar-refractivity contribution in [3.63, 3.8) is 0 Å². The predicted molar refractivity (Wildman–Crippen MR) is 132 cm³/mol. The average molecular weight is 485 g/mol. The fraction of sp³-hybridized carbons (Fsp3) is 0.345. The normalized spacial score (nSPS) is 25.4. The summed E-state index contributed by atoms with van der Waals surface area (Å²) >= 11 is 0. The van der Waals surface area contributed by atoms with Gasteiger partial charge < -0.3 is 14.0 Å². The number of benzene rings is 2. The number of carbonyl (C=O) groups excluding carboxylic acids is 2. The van der Waals surface area contributed by atoms with Crippen molar-refractivity contribution in [3.05, 3.63) is 88.9 Å². The summed E-state index contributed by atoms with van der Waals surface area (Å²) in [6, 6.07) is 18.5. The summed E-state index contributed by atoms with van der Waals surface area (Å²) in [6.45, 7) is 4.36. The fourth-order valence-electron chi connectivity index (χ4n) is 5.61. The first-order valence-electron chi connectivity index (χ1n) is 12.5. The van der Waals surface area contributed by atoms with Crippen LogP contribution in [0.2, 0.25) is 0 Å². The predicted octanol–water partition coefficient (Wildman–Crippen LogP) is 5.31. The third-order valence-electron chi connectivity index (χ3n) is 7.39. The molecular weight excluding hydrogens is 456 g/mol. The summed E-state index contributed by atoms with van der Waals surface area (Å²) in [5, 5.41) is 4.11. The Balaban J connectivity index is 1.39. The molecule has 0 spiro atoms. The highest BCUT2D eigenvalue weighted by Gasteiger charge is 2.53. The first-order chi connectivity index (χ1) is 17.5. The van der Waals surface area contributed by atoms with Gasteiger partial charge in [0.25, 0.3) is 5.91 Å². The number of fused-ring (bicyclic) bond motifs is 1. The molecule has 2 aromatic carbocycles. The van der Waals surface area contributed by atoms with E-state index >= 15 is 0 Å². The van der Waals surface area contributed by atoms with E-state index in [0.717, 1.165) is 30.4 Å². The van der Waals surface area contributed by atoms with E-state index in [0.29, 0.717) is 35.4 Å². The fourth-order valence-corrected chi connectivity index (χ4v) is 5.61. The molecule has 0 radical (unpaired) electrons. The lowest BCUT2D eigenvalue weighted by molar-refractivity contribution is -0.132. The lowest BCUT2D eigenvalue weighted by Gasteiger charge is -2.37. The maximum atomic E-state index is 13.9. The van der Waals surface area contributed by atoms with Crippen LogP contribution in [-0.2, 0) is 20.9 Å². The standard InChI is InChI=1S/C29H28N2O5/c1-17-11-12-23-22(13-17)27(32)25-26(31(29(33)28(25)35-23)24-14-18(2)36-30-24)20-9-6-10-21(15-20)34-16-19-7-4-3-5-8-19/h3-10,14-15,17,22-23,26H,11-13,16H2,1-2H3. The van der Waals surface area contributed by atoms with Gasteiger partial charge in [-0.15, -0.1) is 0 Å². The van der Waals surface area contributed by atoms with Crippen LogP contribution in [0.15, 0.2) is 76.5 Å². The smallest absolute Gasteiger partial charge is 0.295 e. The van der Waals surface area contributed by atoms with E-state index in [9.17, 15) is 9.59 Å². The van der Waals surface area contributed by atoms with Crippen molar-refractivity contribution in [1.29, 1.82) is 0 Å². The third-order valence-corrected chi connectivity index (χ3v) is 7.39. The Morgan fingerprint density at radius 2 is 1.89 bits per heavy atom. The molecule has 36 heavy (non-hydrogen) atoms. The summed E-state index contributed by atoms with van der Waals surface area (Å²) in [5.74, 6) is 1.60. The average Bonchev–Trinajstić information content (AvgIpc) is 3.45. The van der Waals surface area contributed by atoms with Gasteiger partial charge in [0, 0.05) is 6.07 Å². The van der Waals surface area contributed by atoms with E-state index in [4.69, 9.17) is 14.0 Å². The zero-order chi connectivity index (χ0) is 24.8. The Kier molecular flexibility index (Phi) is 5.63. The second-order valence-electron chi connectivity index (χ2n) is 10.0. The molecule has 6 rings (SSSR count). The van der Waals surface area contributed by atoms with Crippen LogP contribution in [-0.4, -0.2) is 23.0 Å². The molecule has 3 heterocycles. The first-order valence-corrected chi connectivity index (χ1v) is 12.5. The third kappa shape index (κ3) is 3.88. The van der Waals surface area contributed by atoms with Crippen LogP contribution in [0.25, 0.3) is 0 Å². The number of ketones is 1. The summed E-state index contributed by atoms with van der Waals surface area (Å²) in [7, 11) is 0. The van der Waals surface area contributed by atoms with Gasteiger partial charge in [-0.2, -0.15) is 0 Å². The molecule has 1 aromatic heterocycles. The SMILES string of the molecule is Cc1cc(N2C(=O)C3=C(C(=O)C4CC(C)CCC4O3)C2c2cccc(OCc3ccccc3)c2)no1. The molecule has 1 fully saturated rings. The number of nitrogens with zero attached hydrogens (tertiary/aromatic N) is 2. The van der Waals surface area contributed by atoms with Gasteiger partial charge in [-0.05, 0) is 55.4 Å². The minimum atomic E-state index is -0.664. The Labute approximate surface area is 209 Å². The molecule has 184 valence electrons. The van der Waals surface area contributed by atoms with Crippen molar-refractivity contribution < 1.29 is 23.6 Å². The van der Waals surface area contributed by atoms with Crippen LogP contribution < -0.4 is 9.64 Å². The lowest BCUT2D eigenvalue weighted by Crippen LogP contribution is -2.41. The number of Topliss-reactive ketones (excluding diaryl/α,β-unsaturated/α-hetero) is 1. The van der Waals surface area contributed by atoms with Crippen molar-refractivity contribution in [2.24, 2.45) is 11.8 Å². The van der Waals surface area contributed by atoms with Crippen LogP contribution in [0.5, 0.6) is 5.75 Å². The number of aromatic nitrogens is 1. The van der Waals surface area contributed by atoms with Crippen LogP contribution in [0.4, 0.5) is 5.82 Å². The second-order valence-corrected chi connectivity index (χ2v) is 10.0. The van der Waals surface area contributed by atoms with Gasteiger partial charge in [0.2, 0.25) is 0 Å². The Morgan fingerprint density at radius 1 is 1.06 bits per heavy atom. The topological polar surface area (TPSA) is 81.9 Å². The lowest BCUT2D eigenvalue weighted by atomic mass is 9.74. The summed E-state index contributed by atoms with van der Waals surface area (Å²) in [5.41, 5.74) is 2.23. The Morgan fingerprint density at radius 3 is 2.67 bits per heavy atom. The van der Waals surface area contributed by atoms with E-state index in [1.807, 2.05) is 54.6 Å². The number of rotatable bonds is 5. The highest BCUT2D eigenvalue weighted by molar-refractivity contribution is 6.17. The maximum absolute atomic E-state index is 13.9. The molecule has 1 saturated carbocycles. The quantitative estimate of drug-likeness (QED) is 0.488. The largest absolute Gasteiger partial charge is 0.489 e. The summed E-state index contributed by atoms with van der Waals surface area (Å²) in [6.07, 6.45) is 2.28. The van der Waals surface area contributed by atoms with Gasteiger partial charge in [-0.25, -0.2) is 0 Å². The highest BCUT2D eigenvalue weighted by atomic mass is 16.5. The minimum absolute atomic E-state index is 0.00414. The molecule has 7 heteroatoms. The molecule has 7 nitrogen and oxygen atoms in total. The van der Waals surface area contributed by atoms with Crippen LogP contribution in [0.1, 0.15) is 49.1 Å². The van der Waals surface area contributed by atoms with E-state index in [1.54, 1.807) is 13.0 Å². The number of ether oxygens (including phenoxy) is 2. The molecule has 3 aliphatic rings. The first kappa shape index (κ1) is 22.6. The molecule has 3 aromatic rings. The van der Waals surface area contributed by atoms with Crippen molar-refractivity contribution in [2.45, 2.75) is 51.9 Å². The van der Waals surface area contributed by atoms with Crippen molar-refractivity contribution in [3.8, 4) is 5.75 Å². The van der Waals surface area contributed by atoms with Crippen LogP contribution in [0.3, 0.4) is 0 Å². The molecule has 1 amide bonds. The molecule has 0 bridgehead atoms. The maximum Gasteiger partial charge on any atom is 0.295 e. The number of carbonyl (C=O) groups is 2. The molecule has 1 aliphatic carbocycles. The summed E-state index contributed by atoms with van der Waals surface area (Å²) < 4.78 is 17.6. The van der Waals surface area contributed by atoms with Crippen LogP contribution in [0, 0.1) is 18.8 Å². The van der Waals surface area contributed by atoms with Gasteiger partial charge in [0.1, 0.15) is 24.2 Å². The van der Waals surface area contributed by atoms with Gasteiger partial charge >= 0.3 is 0 Å². The second kappa shape index (κ2) is 8.97. The molecule has 0 N–H and O–H groups in total. The van der Waals surface area contributed by atoms with Gasteiger partial charge in [0.15, 0.2) is 17.4 Å². The highest BCUT2D eigenvalue weighted by Crippen LogP contribution is 2.49. The number of aryl methyl sites for hydroxylation is 1. The Hall–Kier alpha value is -3.87. The molecular formula is C29H28N2O5. The summed E-state index contributed by atoms with van der Waals surface area (Å²) in [4.78, 5) is 29.1. The zero-order valence-corrected chi connectivity index (χ0v) is 20.3. The number of anilines is 1. The van der Waals surface area contributed by atoms with Crippen LogP contribution >= 0.6 is 0 Å². The van der Waals surface area contributed by atoms with E-state index in [2.05, 4.69) is 12.1 Å². The van der Waals surface area contributed by atoms with Gasteiger partial charge in [-0.1, -0.05) is 54.5 Å². The molecule has 4 atom stereocenters. The van der Waals surface area contributed by atoms with Crippen molar-refractivity contribution in [1.82, 2.24) is 5.16 Å². The molecule has 4 unspecified atom stereocenters. The number of hydrogen-bond donors (Lipinski definition) is 0. The van der Waals surface area contributed by atoms with Gasteiger partial charge in [-0.3, -0.25) is 14.5 Å². The van der Waals surface area contributed by atoms with E-state index in [-0.39, 0.29) is 29.5 Å². The monoisotopic (exact) mass is 484 g/mol. The zero-order valence-electron chi connectivity index (χ0n) is 20.3. The minimum Gasteiger partial charge on any atom is -0.489 e. The molecule has 0 saturated heterocycles. The van der Waals surface area contributed by atoms with Crippen molar-refractivity contribution in [2.75, 3.05) is 4.90 Å². The molecule has 2 aliphatic heterocycles. The van der Waals surface area contributed by atoms with Gasteiger partial charge in [0.05, 0.1) is 17.5 Å². The van der Waals surface area contributed by atoms with E-state index in [1.165, 1.54) is 4.90 Å². The number of amides is 1. The Bertz CT molecular complexity index is 1340. The van der Waals surface area contributed by atoms with E-state index < -0.39 is 6.04 Å². The van der Waals surface area contributed by atoms with Crippen molar-refractivity contribution >= 4 is 17.5 Å².